The smallest absolute Gasteiger partial charge is 0.327 e. The van der Waals surface area contributed by atoms with Gasteiger partial charge in [0.2, 0.25) is 0 Å². The Bertz CT molecular complexity index is 715. The Hall–Kier alpha value is -1.93. The molecule has 0 aliphatic carbocycles. The maximum Gasteiger partial charge on any atom is 0.327 e. The Morgan fingerprint density at radius 2 is 2.32 bits per heavy atom. The van der Waals surface area contributed by atoms with Crippen molar-refractivity contribution in [1.82, 2.24) is 19.5 Å². The highest BCUT2D eigenvalue weighted by atomic mass is 16.5. The number of ether oxygens (including phenoxy) is 1. The highest BCUT2D eigenvalue weighted by Gasteiger charge is 2.34. The Morgan fingerprint density at radius 3 is 3.00 bits per heavy atom. The second kappa shape index (κ2) is 4.32. The van der Waals surface area contributed by atoms with Crippen LogP contribution in [0.2, 0.25) is 0 Å². The number of nitrogens with one attached hydrogen (secondary N) is 2. The second-order valence-electron chi connectivity index (χ2n) is 4.60. The van der Waals surface area contributed by atoms with Gasteiger partial charge < -0.3 is 9.84 Å². The predicted molar refractivity (Wildman–Crippen MR) is 65.8 cm³/mol. The van der Waals surface area contributed by atoms with Gasteiger partial charge in [-0.15, -0.1) is 0 Å². The van der Waals surface area contributed by atoms with Gasteiger partial charge in [0.1, 0.15) is 11.9 Å². The number of hydrogen-bond acceptors (Lipinski definition) is 5. The summed E-state index contributed by atoms with van der Waals surface area (Å²) >= 11 is 0. The normalized spacial score (nSPS) is 27.2. The molecule has 3 heterocycles. The molecule has 0 aromatic carbocycles. The molecule has 1 saturated heterocycles. The third kappa shape index (κ3) is 1.89. The van der Waals surface area contributed by atoms with Crippen molar-refractivity contribution >= 4 is 11.2 Å². The molecule has 2 aromatic rings. The molecule has 1 fully saturated rings. The van der Waals surface area contributed by atoms with Crippen molar-refractivity contribution in [2.45, 2.75) is 38.2 Å². The van der Waals surface area contributed by atoms with Crippen molar-refractivity contribution < 1.29 is 9.84 Å². The summed E-state index contributed by atoms with van der Waals surface area (Å²) in [6.07, 6.45) is 1.31. The zero-order chi connectivity index (χ0) is 13.6. The average Bonchev–Trinajstić information content (AvgIpc) is 2.92. The standard InChI is InChI=1S/C11H14N4O4/c1-2-6-5(16)3-7(19-6)15-4-12-8-9(15)13-11(18)14-10(8)17/h4-7,16H,2-3H2,1H3,(H2,13,14,17,18)/t5-,6-,7-/m1/s1. The van der Waals surface area contributed by atoms with E-state index in [1.165, 1.54) is 6.33 Å². The molecule has 0 saturated carbocycles. The fourth-order valence-electron chi connectivity index (χ4n) is 2.42. The number of fused-ring (bicyclic) bond motifs is 1. The number of H-pyrrole nitrogens is 2. The molecule has 8 nitrogen and oxygen atoms in total. The number of hydrogen-bond donors (Lipinski definition) is 3. The van der Waals surface area contributed by atoms with Crippen molar-refractivity contribution in [3.8, 4) is 0 Å². The van der Waals surface area contributed by atoms with Crippen molar-refractivity contribution in [3.05, 3.63) is 27.2 Å². The molecule has 3 atom stereocenters. The maximum absolute atomic E-state index is 11.6. The van der Waals surface area contributed by atoms with Crippen LogP contribution < -0.4 is 11.2 Å². The summed E-state index contributed by atoms with van der Waals surface area (Å²) in [5.41, 5.74) is -0.673. The molecule has 0 radical (unpaired) electrons. The minimum Gasteiger partial charge on any atom is -0.390 e. The first-order valence-electron chi connectivity index (χ1n) is 6.12. The van der Waals surface area contributed by atoms with Crippen molar-refractivity contribution in [3.63, 3.8) is 0 Å². The number of aromatic amines is 2. The van der Waals surface area contributed by atoms with Crippen LogP contribution in [-0.2, 0) is 4.74 Å². The van der Waals surface area contributed by atoms with Crippen LogP contribution in [0, 0.1) is 0 Å². The van der Waals surface area contributed by atoms with Gasteiger partial charge in [-0.2, -0.15) is 0 Å². The fraction of sp³-hybridized carbons (Fsp3) is 0.545. The van der Waals surface area contributed by atoms with Crippen LogP contribution in [0.5, 0.6) is 0 Å². The van der Waals surface area contributed by atoms with E-state index in [4.69, 9.17) is 4.74 Å². The third-order valence-corrected chi connectivity index (χ3v) is 3.38. The lowest BCUT2D eigenvalue weighted by molar-refractivity contribution is -0.0183. The topological polar surface area (TPSA) is 113 Å². The van der Waals surface area contributed by atoms with Crippen LogP contribution in [0.1, 0.15) is 26.0 Å². The summed E-state index contributed by atoms with van der Waals surface area (Å²) in [5.74, 6) is 0. The maximum atomic E-state index is 11.6. The van der Waals surface area contributed by atoms with Crippen LogP contribution in [0.4, 0.5) is 0 Å². The molecule has 1 aliphatic heterocycles. The molecule has 3 rings (SSSR count). The van der Waals surface area contributed by atoms with Gasteiger partial charge >= 0.3 is 5.69 Å². The largest absolute Gasteiger partial charge is 0.390 e. The summed E-state index contributed by atoms with van der Waals surface area (Å²) in [6, 6.07) is 0. The summed E-state index contributed by atoms with van der Waals surface area (Å²) < 4.78 is 7.27. The molecule has 2 aromatic heterocycles. The van der Waals surface area contributed by atoms with Gasteiger partial charge in [-0.25, -0.2) is 9.78 Å². The van der Waals surface area contributed by atoms with E-state index in [1.807, 2.05) is 6.92 Å². The summed E-state index contributed by atoms with van der Waals surface area (Å²) in [7, 11) is 0. The number of nitrogens with zero attached hydrogens (tertiary/aromatic N) is 2. The molecule has 0 bridgehead atoms. The van der Waals surface area contributed by atoms with Crippen LogP contribution in [0.3, 0.4) is 0 Å². The first-order valence-corrected chi connectivity index (χ1v) is 6.12. The van der Waals surface area contributed by atoms with Crippen molar-refractivity contribution in [2.75, 3.05) is 0 Å². The van der Waals surface area contributed by atoms with Crippen molar-refractivity contribution in [1.29, 1.82) is 0 Å². The molecule has 102 valence electrons. The summed E-state index contributed by atoms with van der Waals surface area (Å²) in [4.78, 5) is 31.5. The van der Waals surface area contributed by atoms with Crippen LogP contribution in [-0.4, -0.2) is 36.8 Å². The quantitative estimate of drug-likeness (QED) is 0.676. The van der Waals surface area contributed by atoms with E-state index in [1.54, 1.807) is 4.57 Å². The number of imidazole rings is 1. The van der Waals surface area contributed by atoms with Gasteiger partial charge in [0.05, 0.1) is 18.5 Å². The van der Waals surface area contributed by atoms with Gasteiger partial charge in [0.25, 0.3) is 5.56 Å². The van der Waals surface area contributed by atoms with Crippen molar-refractivity contribution in [2.24, 2.45) is 0 Å². The average molecular weight is 266 g/mol. The minimum atomic E-state index is -0.593. The Kier molecular flexibility index (Phi) is 2.76. The zero-order valence-corrected chi connectivity index (χ0v) is 10.3. The lowest BCUT2D eigenvalue weighted by Crippen LogP contribution is -2.23. The highest BCUT2D eigenvalue weighted by molar-refractivity contribution is 5.68. The molecule has 0 unspecified atom stereocenters. The number of aliphatic hydroxyl groups excluding tert-OH is 1. The highest BCUT2D eigenvalue weighted by Crippen LogP contribution is 2.31. The molecule has 8 heteroatoms. The van der Waals surface area contributed by atoms with E-state index in [9.17, 15) is 14.7 Å². The first kappa shape index (κ1) is 12.1. The molecular formula is C11H14N4O4. The molecule has 0 spiro atoms. The van der Waals surface area contributed by atoms with E-state index in [0.717, 1.165) is 0 Å². The van der Waals surface area contributed by atoms with E-state index >= 15 is 0 Å². The third-order valence-electron chi connectivity index (χ3n) is 3.38. The monoisotopic (exact) mass is 266 g/mol. The molecule has 1 aliphatic rings. The van der Waals surface area contributed by atoms with Gasteiger partial charge in [-0.05, 0) is 6.42 Å². The molecular weight excluding hydrogens is 252 g/mol. The fourth-order valence-corrected chi connectivity index (χ4v) is 2.42. The Balaban J connectivity index is 2.07. The summed E-state index contributed by atoms with van der Waals surface area (Å²) in [6.45, 7) is 1.93. The van der Waals surface area contributed by atoms with E-state index in [-0.39, 0.29) is 11.6 Å². The minimum absolute atomic E-state index is 0.151. The van der Waals surface area contributed by atoms with E-state index in [0.29, 0.717) is 18.5 Å². The van der Waals surface area contributed by atoms with Gasteiger partial charge in [-0.1, -0.05) is 6.92 Å². The molecule has 3 N–H and O–H groups in total. The predicted octanol–water partition coefficient (Wildman–Crippen LogP) is -0.529. The SMILES string of the molecule is CC[C@H]1O[C@@H](n2cnc3c(=O)[nH]c(=O)[nH]c32)C[C@H]1O. The van der Waals surface area contributed by atoms with Crippen LogP contribution >= 0.6 is 0 Å². The number of aliphatic hydroxyl groups is 1. The van der Waals surface area contributed by atoms with Gasteiger partial charge in [0, 0.05) is 6.42 Å². The Morgan fingerprint density at radius 1 is 1.53 bits per heavy atom. The first-order chi connectivity index (χ1) is 9.10. The Labute approximate surface area is 107 Å². The molecule has 19 heavy (non-hydrogen) atoms. The van der Waals surface area contributed by atoms with Crippen LogP contribution in [0.25, 0.3) is 11.2 Å². The lowest BCUT2D eigenvalue weighted by atomic mass is 10.1. The van der Waals surface area contributed by atoms with Gasteiger partial charge in [0.15, 0.2) is 5.52 Å². The number of rotatable bonds is 2. The van der Waals surface area contributed by atoms with E-state index < -0.39 is 23.6 Å². The van der Waals surface area contributed by atoms with Gasteiger partial charge in [-0.3, -0.25) is 19.3 Å². The zero-order valence-electron chi connectivity index (χ0n) is 10.3. The number of aromatic nitrogens is 4. The summed E-state index contributed by atoms with van der Waals surface area (Å²) in [5, 5.41) is 9.84. The molecule has 0 amide bonds. The van der Waals surface area contributed by atoms with E-state index in [2.05, 4.69) is 15.0 Å². The second-order valence-corrected chi connectivity index (χ2v) is 4.60. The van der Waals surface area contributed by atoms with Crippen LogP contribution in [0.15, 0.2) is 15.9 Å². The lowest BCUT2D eigenvalue weighted by Gasteiger charge is -2.13.